The molecule has 1 saturated carbocycles. The third-order valence-corrected chi connectivity index (χ3v) is 4.85. The minimum absolute atomic E-state index is 0.0780. The lowest BCUT2D eigenvalue weighted by Crippen LogP contribution is -2.36. The van der Waals surface area contributed by atoms with Gasteiger partial charge in [0.2, 0.25) is 0 Å². The Morgan fingerprint density at radius 2 is 1.61 bits per heavy atom. The van der Waals surface area contributed by atoms with E-state index in [4.69, 9.17) is 4.74 Å². The molecule has 0 unspecified atom stereocenters. The average Bonchev–Trinajstić information content (AvgIpc) is 2.69. The summed E-state index contributed by atoms with van der Waals surface area (Å²) in [6.45, 7) is 3.91. The lowest BCUT2D eigenvalue weighted by atomic mass is 9.95. The van der Waals surface area contributed by atoms with Gasteiger partial charge in [0.1, 0.15) is 5.75 Å². The number of hydrogen-bond donors (Lipinski definition) is 2. The van der Waals surface area contributed by atoms with Gasteiger partial charge in [0, 0.05) is 11.6 Å². The molecule has 28 heavy (non-hydrogen) atoms. The normalized spacial score (nSPS) is 14.5. The first-order valence-corrected chi connectivity index (χ1v) is 10.0. The summed E-state index contributed by atoms with van der Waals surface area (Å²) in [7, 11) is 0. The average molecular weight is 380 g/mol. The van der Waals surface area contributed by atoms with E-state index >= 15 is 0 Å². The molecular weight excluding hydrogens is 352 g/mol. The van der Waals surface area contributed by atoms with E-state index in [1.807, 2.05) is 26.0 Å². The Bertz CT molecular complexity index is 809. The summed E-state index contributed by atoms with van der Waals surface area (Å²) in [4.78, 5) is 25.3. The molecule has 1 aliphatic rings. The van der Waals surface area contributed by atoms with Crippen LogP contribution >= 0.6 is 0 Å². The van der Waals surface area contributed by atoms with E-state index in [2.05, 4.69) is 10.6 Å². The van der Waals surface area contributed by atoms with Crippen LogP contribution in [0.25, 0.3) is 0 Å². The molecule has 0 aliphatic heterocycles. The number of carbonyl (C=O) groups is 2. The van der Waals surface area contributed by atoms with Gasteiger partial charge in [0.15, 0.2) is 0 Å². The number of nitrogens with one attached hydrogen (secondary N) is 2. The molecule has 2 aromatic carbocycles. The predicted octanol–water partition coefficient (Wildman–Crippen LogP) is 4.79. The number of benzene rings is 2. The number of hydrogen-bond acceptors (Lipinski definition) is 3. The fourth-order valence-corrected chi connectivity index (χ4v) is 3.45. The van der Waals surface area contributed by atoms with Gasteiger partial charge in [-0.05, 0) is 63.1 Å². The lowest BCUT2D eigenvalue weighted by Gasteiger charge is -2.23. The minimum Gasteiger partial charge on any atom is -0.491 e. The molecule has 0 heterocycles. The van der Waals surface area contributed by atoms with E-state index in [1.165, 1.54) is 6.42 Å². The van der Waals surface area contributed by atoms with Crippen LogP contribution < -0.4 is 15.4 Å². The second kappa shape index (κ2) is 9.40. The molecule has 1 fully saturated rings. The third kappa shape index (κ3) is 5.35. The molecule has 148 valence electrons. The zero-order valence-electron chi connectivity index (χ0n) is 16.5. The molecule has 5 nitrogen and oxygen atoms in total. The molecule has 0 aromatic heterocycles. The molecule has 2 amide bonds. The van der Waals surface area contributed by atoms with Crippen LogP contribution in [0.5, 0.6) is 5.75 Å². The first-order chi connectivity index (χ1) is 13.5. The molecule has 5 heteroatoms. The van der Waals surface area contributed by atoms with Crippen molar-refractivity contribution in [3.8, 4) is 5.75 Å². The van der Waals surface area contributed by atoms with Crippen molar-refractivity contribution in [3.63, 3.8) is 0 Å². The van der Waals surface area contributed by atoms with Crippen molar-refractivity contribution in [1.29, 1.82) is 0 Å². The zero-order valence-corrected chi connectivity index (χ0v) is 16.5. The van der Waals surface area contributed by atoms with Gasteiger partial charge in [-0.2, -0.15) is 0 Å². The third-order valence-electron chi connectivity index (χ3n) is 4.85. The Morgan fingerprint density at radius 3 is 2.29 bits per heavy atom. The zero-order chi connectivity index (χ0) is 19.9. The minimum atomic E-state index is -0.256. The number of carbonyl (C=O) groups excluding carboxylic acids is 2. The highest BCUT2D eigenvalue weighted by molar-refractivity contribution is 6.09. The number of rotatable bonds is 6. The van der Waals surface area contributed by atoms with Crippen molar-refractivity contribution in [3.05, 3.63) is 59.7 Å². The number of anilines is 1. The Labute approximate surface area is 166 Å². The summed E-state index contributed by atoms with van der Waals surface area (Å²) in [5.41, 5.74) is 1.52. The summed E-state index contributed by atoms with van der Waals surface area (Å²) in [6, 6.07) is 14.3. The fourth-order valence-electron chi connectivity index (χ4n) is 3.45. The molecule has 0 radical (unpaired) electrons. The van der Waals surface area contributed by atoms with Gasteiger partial charge in [0.25, 0.3) is 11.8 Å². The van der Waals surface area contributed by atoms with Crippen molar-refractivity contribution in [1.82, 2.24) is 5.32 Å². The van der Waals surface area contributed by atoms with Crippen LogP contribution in [-0.2, 0) is 0 Å². The van der Waals surface area contributed by atoms with Crippen LogP contribution in [0, 0.1) is 0 Å². The maximum atomic E-state index is 12.7. The van der Waals surface area contributed by atoms with Gasteiger partial charge in [-0.25, -0.2) is 0 Å². The molecule has 0 saturated heterocycles. The topological polar surface area (TPSA) is 67.4 Å². The Hall–Kier alpha value is -2.82. The summed E-state index contributed by atoms with van der Waals surface area (Å²) in [5, 5.41) is 5.97. The van der Waals surface area contributed by atoms with Crippen molar-refractivity contribution in [2.24, 2.45) is 0 Å². The number of ether oxygens (including phenoxy) is 1. The second-order valence-electron chi connectivity index (χ2n) is 7.50. The smallest absolute Gasteiger partial charge is 0.255 e. The van der Waals surface area contributed by atoms with Crippen molar-refractivity contribution in [2.75, 3.05) is 5.32 Å². The maximum absolute atomic E-state index is 12.7. The highest BCUT2D eigenvalue weighted by Gasteiger charge is 2.19. The Kier molecular flexibility index (Phi) is 6.69. The van der Waals surface area contributed by atoms with Gasteiger partial charge in [-0.1, -0.05) is 31.4 Å². The van der Waals surface area contributed by atoms with E-state index in [-0.39, 0.29) is 24.0 Å². The van der Waals surface area contributed by atoms with E-state index < -0.39 is 0 Å². The SMILES string of the molecule is CC(C)Oc1ccc(C(=O)Nc2ccccc2C(=O)NC2CCCCC2)cc1. The van der Waals surface area contributed by atoms with Crippen LogP contribution in [0.3, 0.4) is 0 Å². The molecule has 2 aromatic rings. The van der Waals surface area contributed by atoms with E-state index in [9.17, 15) is 9.59 Å². The van der Waals surface area contributed by atoms with Gasteiger partial charge in [-0.3, -0.25) is 9.59 Å². The predicted molar refractivity (Wildman–Crippen MR) is 111 cm³/mol. The summed E-state index contributed by atoms with van der Waals surface area (Å²) in [5.74, 6) is 0.330. The maximum Gasteiger partial charge on any atom is 0.255 e. The van der Waals surface area contributed by atoms with Crippen LogP contribution in [0.15, 0.2) is 48.5 Å². The molecule has 2 N–H and O–H groups in total. The highest BCUT2D eigenvalue weighted by Crippen LogP contribution is 2.21. The lowest BCUT2D eigenvalue weighted by molar-refractivity contribution is 0.0928. The molecule has 0 spiro atoms. The monoisotopic (exact) mass is 380 g/mol. The standard InChI is InChI=1S/C23H28N2O3/c1-16(2)28-19-14-12-17(13-15-19)22(26)25-21-11-7-6-10-20(21)23(27)24-18-8-4-3-5-9-18/h6-7,10-16,18H,3-5,8-9H2,1-2H3,(H,24,27)(H,25,26). The largest absolute Gasteiger partial charge is 0.491 e. The van der Waals surface area contributed by atoms with E-state index in [0.717, 1.165) is 31.4 Å². The van der Waals surface area contributed by atoms with E-state index in [1.54, 1.807) is 36.4 Å². The van der Waals surface area contributed by atoms with Crippen molar-refractivity contribution >= 4 is 17.5 Å². The highest BCUT2D eigenvalue weighted by atomic mass is 16.5. The van der Waals surface area contributed by atoms with Crippen LogP contribution in [0.4, 0.5) is 5.69 Å². The molecular formula is C23H28N2O3. The fraction of sp³-hybridized carbons (Fsp3) is 0.391. The van der Waals surface area contributed by atoms with Gasteiger partial charge < -0.3 is 15.4 Å². The molecule has 0 atom stereocenters. The summed E-state index contributed by atoms with van der Waals surface area (Å²) < 4.78 is 5.61. The molecule has 3 rings (SSSR count). The quantitative estimate of drug-likeness (QED) is 0.757. The van der Waals surface area contributed by atoms with E-state index in [0.29, 0.717) is 16.8 Å². The first kappa shape index (κ1) is 19.9. The van der Waals surface area contributed by atoms with Crippen LogP contribution in [0.2, 0.25) is 0 Å². The molecule has 1 aliphatic carbocycles. The Morgan fingerprint density at radius 1 is 0.929 bits per heavy atom. The van der Waals surface area contributed by atoms with Crippen LogP contribution in [0.1, 0.15) is 66.7 Å². The Balaban J connectivity index is 1.68. The second-order valence-corrected chi connectivity index (χ2v) is 7.50. The van der Waals surface area contributed by atoms with Crippen molar-refractivity contribution in [2.45, 2.75) is 58.1 Å². The summed E-state index contributed by atoms with van der Waals surface area (Å²) >= 11 is 0. The van der Waals surface area contributed by atoms with Crippen LogP contribution in [-0.4, -0.2) is 24.0 Å². The molecule has 0 bridgehead atoms. The van der Waals surface area contributed by atoms with Gasteiger partial charge >= 0.3 is 0 Å². The van der Waals surface area contributed by atoms with Crippen molar-refractivity contribution < 1.29 is 14.3 Å². The number of para-hydroxylation sites is 1. The summed E-state index contributed by atoms with van der Waals surface area (Å²) in [6.07, 6.45) is 5.66. The first-order valence-electron chi connectivity index (χ1n) is 10.0. The number of amides is 2. The van der Waals surface area contributed by atoms with Gasteiger partial charge in [0.05, 0.1) is 17.4 Å². The van der Waals surface area contributed by atoms with Gasteiger partial charge in [-0.15, -0.1) is 0 Å².